The van der Waals surface area contributed by atoms with Crippen molar-refractivity contribution >= 4 is 0 Å². The molecule has 3 rings (SSSR count). The fraction of sp³-hybridized carbons (Fsp3) is 0.278. The number of pyridine rings is 1. The highest BCUT2D eigenvalue weighted by molar-refractivity contribution is 5.65. The van der Waals surface area contributed by atoms with E-state index in [0.29, 0.717) is 24.2 Å². The lowest BCUT2D eigenvalue weighted by molar-refractivity contribution is 0.289. The van der Waals surface area contributed by atoms with Crippen molar-refractivity contribution in [1.82, 2.24) is 15.1 Å². The van der Waals surface area contributed by atoms with Crippen LogP contribution in [-0.2, 0) is 0 Å². The fourth-order valence-electron chi connectivity index (χ4n) is 2.12. The van der Waals surface area contributed by atoms with Crippen LogP contribution < -0.4 is 4.74 Å². The molecule has 0 amide bonds. The summed E-state index contributed by atoms with van der Waals surface area (Å²) in [4.78, 5) is 8.46. The van der Waals surface area contributed by atoms with Crippen molar-refractivity contribution in [1.29, 1.82) is 0 Å². The first-order chi connectivity index (χ1) is 11.2. The summed E-state index contributed by atoms with van der Waals surface area (Å²) in [5.41, 5.74) is 1.68. The highest BCUT2D eigenvalue weighted by Gasteiger charge is 2.14. The summed E-state index contributed by atoms with van der Waals surface area (Å²) in [5, 5.41) is 4.04. The average molecular weight is 309 g/mol. The second-order valence-corrected chi connectivity index (χ2v) is 5.69. The van der Waals surface area contributed by atoms with E-state index in [4.69, 9.17) is 9.26 Å². The van der Waals surface area contributed by atoms with Crippen LogP contribution in [0.25, 0.3) is 22.8 Å². The molecule has 2 aromatic heterocycles. The van der Waals surface area contributed by atoms with Crippen LogP contribution in [0.15, 0.2) is 53.3 Å². The maximum Gasteiger partial charge on any atom is 0.262 e. The van der Waals surface area contributed by atoms with E-state index in [1.165, 1.54) is 0 Å². The second-order valence-electron chi connectivity index (χ2n) is 5.69. The smallest absolute Gasteiger partial charge is 0.262 e. The van der Waals surface area contributed by atoms with Gasteiger partial charge in [-0.2, -0.15) is 4.98 Å². The molecule has 2 heterocycles. The third kappa shape index (κ3) is 3.74. The molecule has 0 spiro atoms. The topological polar surface area (TPSA) is 61.0 Å². The fourth-order valence-corrected chi connectivity index (χ4v) is 2.12. The lowest BCUT2D eigenvalue weighted by atomic mass is 10.1. The molecule has 0 aliphatic heterocycles. The molecule has 0 saturated carbocycles. The number of hydrogen-bond acceptors (Lipinski definition) is 5. The second kappa shape index (κ2) is 7.05. The molecule has 0 radical (unpaired) electrons. The highest BCUT2D eigenvalue weighted by Crippen LogP contribution is 2.30. The zero-order valence-electron chi connectivity index (χ0n) is 13.3. The van der Waals surface area contributed by atoms with E-state index in [-0.39, 0.29) is 0 Å². The van der Waals surface area contributed by atoms with Crippen LogP contribution in [0.3, 0.4) is 0 Å². The number of nitrogens with zero attached hydrogens (tertiary/aromatic N) is 3. The van der Waals surface area contributed by atoms with Crippen molar-refractivity contribution < 1.29 is 9.26 Å². The average Bonchev–Trinajstić information content (AvgIpc) is 3.06. The standard InChI is InChI=1S/C18H19N3O2/c1-13(2)9-12-22-16-6-4-3-5-15(16)18-20-17(21-23-18)14-7-10-19-11-8-14/h3-8,10-11,13H,9,12H2,1-2H3. The monoisotopic (exact) mass is 309 g/mol. The van der Waals surface area contributed by atoms with Gasteiger partial charge in [0.05, 0.1) is 12.2 Å². The van der Waals surface area contributed by atoms with Crippen molar-refractivity contribution in [3.63, 3.8) is 0 Å². The minimum Gasteiger partial charge on any atom is -0.493 e. The van der Waals surface area contributed by atoms with E-state index in [0.717, 1.165) is 23.3 Å². The van der Waals surface area contributed by atoms with Crippen LogP contribution in [-0.4, -0.2) is 21.7 Å². The van der Waals surface area contributed by atoms with Crippen LogP contribution in [0.2, 0.25) is 0 Å². The Bertz CT molecular complexity index is 754. The van der Waals surface area contributed by atoms with Gasteiger partial charge in [0, 0.05) is 18.0 Å². The predicted octanol–water partition coefficient (Wildman–Crippen LogP) is 4.22. The molecule has 5 heteroatoms. The Morgan fingerprint density at radius 3 is 2.65 bits per heavy atom. The molecule has 0 fully saturated rings. The van der Waals surface area contributed by atoms with Gasteiger partial charge in [-0.1, -0.05) is 31.1 Å². The first-order valence-electron chi connectivity index (χ1n) is 7.70. The van der Waals surface area contributed by atoms with Crippen LogP contribution >= 0.6 is 0 Å². The van der Waals surface area contributed by atoms with Gasteiger partial charge < -0.3 is 9.26 Å². The maximum atomic E-state index is 5.88. The third-order valence-electron chi connectivity index (χ3n) is 3.43. The summed E-state index contributed by atoms with van der Waals surface area (Å²) < 4.78 is 11.3. The summed E-state index contributed by atoms with van der Waals surface area (Å²) in [6.45, 7) is 5.02. The third-order valence-corrected chi connectivity index (χ3v) is 3.43. The number of para-hydroxylation sites is 1. The molecule has 0 N–H and O–H groups in total. The Morgan fingerprint density at radius 1 is 1.09 bits per heavy atom. The summed E-state index contributed by atoms with van der Waals surface area (Å²) >= 11 is 0. The van der Waals surface area contributed by atoms with Crippen LogP contribution in [0, 0.1) is 5.92 Å². The minimum absolute atomic E-state index is 0.456. The largest absolute Gasteiger partial charge is 0.493 e. The quantitative estimate of drug-likeness (QED) is 0.682. The molecule has 1 aromatic carbocycles. The van der Waals surface area contributed by atoms with Crippen LogP contribution in [0.4, 0.5) is 0 Å². The van der Waals surface area contributed by atoms with E-state index in [1.807, 2.05) is 36.4 Å². The van der Waals surface area contributed by atoms with E-state index in [2.05, 4.69) is 29.0 Å². The Balaban J connectivity index is 1.83. The summed E-state index contributed by atoms with van der Waals surface area (Å²) in [6, 6.07) is 11.4. The van der Waals surface area contributed by atoms with Gasteiger partial charge in [0.15, 0.2) is 0 Å². The van der Waals surface area contributed by atoms with Gasteiger partial charge >= 0.3 is 0 Å². The summed E-state index contributed by atoms with van der Waals surface area (Å²) in [6.07, 6.45) is 4.41. The first-order valence-corrected chi connectivity index (χ1v) is 7.70. The van der Waals surface area contributed by atoms with Gasteiger partial charge in [-0.15, -0.1) is 0 Å². The molecule has 23 heavy (non-hydrogen) atoms. The SMILES string of the molecule is CC(C)CCOc1ccccc1-c1nc(-c2ccncc2)no1. The molecule has 118 valence electrons. The van der Waals surface area contributed by atoms with Gasteiger partial charge in [-0.05, 0) is 36.6 Å². The van der Waals surface area contributed by atoms with E-state index in [9.17, 15) is 0 Å². The van der Waals surface area contributed by atoms with Gasteiger partial charge in [0.2, 0.25) is 5.82 Å². The number of benzene rings is 1. The van der Waals surface area contributed by atoms with Gasteiger partial charge in [-0.3, -0.25) is 4.98 Å². The van der Waals surface area contributed by atoms with Gasteiger partial charge in [-0.25, -0.2) is 0 Å². The Kier molecular flexibility index (Phi) is 4.66. The minimum atomic E-state index is 0.456. The Hall–Kier alpha value is -2.69. The maximum absolute atomic E-state index is 5.88. The van der Waals surface area contributed by atoms with Crippen molar-refractivity contribution in [2.24, 2.45) is 5.92 Å². The number of rotatable bonds is 6. The Labute approximate surface area is 135 Å². The molecule has 3 aromatic rings. The zero-order chi connectivity index (χ0) is 16.1. The molecular weight excluding hydrogens is 290 g/mol. The van der Waals surface area contributed by atoms with Crippen LogP contribution in [0.1, 0.15) is 20.3 Å². The van der Waals surface area contributed by atoms with Crippen molar-refractivity contribution in [2.75, 3.05) is 6.61 Å². The lowest BCUT2D eigenvalue weighted by Crippen LogP contribution is -2.02. The zero-order valence-corrected chi connectivity index (χ0v) is 13.3. The Morgan fingerprint density at radius 2 is 1.87 bits per heavy atom. The van der Waals surface area contributed by atoms with Crippen molar-refractivity contribution in [3.05, 3.63) is 48.8 Å². The molecule has 0 saturated heterocycles. The van der Waals surface area contributed by atoms with Crippen molar-refractivity contribution in [3.8, 4) is 28.6 Å². The molecule has 0 aliphatic rings. The van der Waals surface area contributed by atoms with E-state index in [1.54, 1.807) is 12.4 Å². The molecule has 0 unspecified atom stereocenters. The lowest BCUT2D eigenvalue weighted by Gasteiger charge is -2.10. The molecule has 0 atom stereocenters. The number of aromatic nitrogens is 3. The van der Waals surface area contributed by atoms with E-state index >= 15 is 0 Å². The van der Waals surface area contributed by atoms with Gasteiger partial charge in [0.25, 0.3) is 5.89 Å². The summed E-state index contributed by atoms with van der Waals surface area (Å²) in [7, 11) is 0. The number of hydrogen-bond donors (Lipinski definition) is 0. The first kappa shape index (κ1) is 15.2. The normalized spacial score (nSPS) is 10.9. The number of ether oxygens (including phenoxy) is 1. The molecule has 0 bridgehead atoms. The highest BCUT2D eigenvalue weighted by atomic mass is 16.5. The van der Waals surface area contributed by atoms with Crippen molar-refractivity contribution in [2.45, 2.75) is 20.3 Å². The molecular formula is C18H19N3O2. The molecule has 0 aliphatic carbocycles. The van der Waals surface area contributed by atoms with E-state index < -0.39 is 0 Å². The molecule has 5 nitrogen and oxygen atoms in total. The summed E-state index contributed by atoms with van der Waals surface area (Å²) in [5.74, 6) is 2.36. The van der Waals surface area contributed by atoms with Crippen LogP contribution in [0.5, 0.6) is 5.75 Å². The van der Waals surface area contributed by atoms with Gasteiger partial charge in [0.1, 0.15) is 5.75 Å². The predicted molar refractivity (Wildman–Crippen MR) is 87.9 cm³/mol.